The third-order valence-electron chi connectivity index (χ3n) is 4.71. The van der Waals surface area contributed by atoms with Crippen molar-refractivity contribution in [1.29, 1.82) is 0 Å². The second-order valence-corrected chi connectivity index (χ2v) is 6.65. The summed E-state index contributed by atoms with van der Waals surface area (Å²) in [5.41, 5.74) is 1.06. The van der Waals surface area contributed by atoms with Crippen LogP contribution in [0.1, 0.15) is 24.8 Å². The molecule has 2 heterocycles. The highest BCUT2D eigenvalue weighted by Crippen LogP contribution is 2.15. The molecule has 1 aromatic rings. The molecule has 0 aliphatic carbocycles. The Morgan fingerprint density at radius 2 is 1.88 bits per heavy atom. The van der Waals surface area contributed by atoms with Crippen molar-refractivity contribution in [3.8, 4) is 0 Å². The summed E-state index contributed by atoms with van der Waals surface area (Å²) < 4.78 is 0. The van der Waals surface area contributed by atoms with Gasteiger partial charge in [-0.1, -0.05) is 30.3 Å². The highest BCUT2D eigenvalue weighted by molar-refractivity contribution is 5.96. The minimum atomic E-state index is -0.511. The summed E-state index contributed by atoms with van der Waals surface area (Å²) in [5, 5.41) is 8.34. The summed E-state index contributed by atoms with van der Waals surface area (Å²) in [4.78, 5) is 38.0. The predicted octanol–water partition coefficient (Wildman–Crippen LogP) is 0.613. The quantitative estimate of drug-likeness (QED) is 0.747. The van der Waals surface area contributed by atoms with Gasteiger partial charge in [0.25, 0.3) is 0 Å². The Morgan fingerprint density at radius 3 is 2.60 bits per heavy atom. The van der Waals surface area contributed by atoms with Gasteiger partial charge in [0, 0.05) is 25.4 Å². The van der Waals surface area contributed by atoms with Crippen LogP contribution in [0.25, 0.3) is 0 Å². The van der Waals surface area contributed by atoms with Gasteiger partial charge in [0.05, 0.1) is 6.04 Å². The molecule has 2 aliphatic heterocycles. The second-order valence-electron chi connectivity index (χ2n) is 6.65. The molecule has 2 aliphatic rings. The summed E-state index contributed by atoms with van der Waals surface area (Å²) in [6, 6.07) is 8.97. The first kappa shape index (κ1) is 17.4. The van der Waals surface area contributed by atoms with E-state index in [-0.39, 0.29) is 30.2 Å². The van der Waals surface area contributed by atoms with Crippen molar-refractivity contribution in [1.82, 2.24) is 20.9 Å². The fourth-order valence-electron chi connectivity index (χ4n) is 3.35. The molecule has 1 unspecified atom stereocenters. The first-order chi connectivity index (χ1) is 12.1. The molecule has 7 nitrogen and oxygen atoms in total. The summed E-state index contributed by atoms with van der Waals surface area (Å²) >= 11 is 0. The van der Waals surface area contributed by atoms with Crippen molar-refractivity contribution in [3.05, 3.63) is 35.9 Å². The van der Waals surface area contributed by atoms with Crippen molar-refractivity contribution in [2.24, 2.45) is 5.92 Å². The highest BCUT2D eigenvalue weighted by atomic mass is 16.2. The summed E-state index contributed by atoms with van der Waals surface area (Å²) in [6.45, 7) is 2.59. The molecular formula is C18H24N4O3. The van der Waals surface area contributed by atoms with E-state index < -0.39 is 6.03 Å². The summed E-state index contributed by atoms with van der Waals surface area (Å²) in [7, 11) is 0. The van der Waals surface area contributed by atoms with Crippen LogP contribution in [-0.2, 0) is 16.1 Å². The van der Waals surface area contributed by atoms with Crippen molar-refractivity contribution >= 4 is 17.8 Å². The number of urea groups is 1. The van der Waals surface area contributed by atoms with Crippen LogP contribution in [0.2, 0.25) is 0 Å². The van der Waals surface area contributed by atoms with Gasteiger partial charge in [0.1, 0.15) is 0 Å². The van der Waals surface area contributed by atoms with Gasteiger partial charge in [0.2, 0.25) is 11.8 Å². The zero-order valence-electron chi connectivity index (χ0n) is 14.2. The van der Waals surface area contributed by atoms with Crippen LogP contribution < -0.4 is 16.0 Å². The molecule has 25 heavy (non-hydrogen) atoms. The molecule has 2 fully saturated rings. The smallest absolute Gasteiger partial charge is 0.321 e. The van der Waals surface area contributed by atoms with E-state index >= 15 is 0 Å². The molecule has 3 N–H and O–H groups in total. The summed E-state index contributed by atoms with van der Waals surface area (Å²) in [6.07, 6.45) is 1.75. The van der Waals surface area contributed by atoms with E-state index in [4.69, 9.17) is 0 Å². The number of hydrogen-bond acceptors (Lipinski definition) is 4. The third kappa shape index (κ3) is 4.79. The molecule has 134 valence electrons. The molecule has 0 bridgehead atoms. The van der Waals surface area contributed by atoms with Gasteiger partial charge >= 0.3 is 6.03 Å². The van der Waals surface area contributed by atoms with Crippen LogP contribution in [0.3, 0.4) is 0 Å². The summed E-state index contributed by atoms with van der Waals surface area (Å²) in [5.74, 6) is -0.338. The van der Waals surface area contributed by atoms with Gasteiger partial charge in [0.15, 0.2) is 0 Å². The fourth-order valence-corrected chi connectivity index (χ4v) is 3.35. The van der Waals surface area contributed by atoms with Crippen LogP contribution in [0, 0.1) is 5.92 Å². The number of hydrogen-bond donors (Lipinski definition) is 3. The number of nitrogens with zero attached hydrogens (tertiary/aromatic N) is 1. The maximum absolute atomic E-state index is 12.1. The Labute approximate surface area is 147 Å². The zero-order valence-corrected chi connectivity index (χ0v) is 14.2. The molecule has 0 saturated carbocycles. The first-order valence-electron chi connectivity index (χ1n) is 8.75. The van der Waals surface area contributed by atoms with E-state index in [1.54, 1.807) is 4.90 Å². The lowest BCUT2D eigenvalue weighted by Gasteiger charge is -2.22. The zero-order chi connectivity index (χ0) is 17.6. The van der Waals surface area contributed by atoms with Gasteiger partial charge in [-0.2, -0.15) is 0 Å². The first-order valence-corrected chi connectivity index (χ1v) is 8.75. The Bertz CT molecular complexity index is 628. The Hall–Kier alpha value is -2.41. The molecule has 2 saturated heterocycles. The molecule has 3 rings (SSSR count). The van der Waals surface area contributed by atoms with Crippen molar-refractivity contribution < 1.29 is 14.4 Å². The topological polar surface area (TPSA) is 90.5 Å². The maximum Gasteiger partial charge on any atom is 0.321 e. The number of piperidine rings is 1. The number of imide groups is 1. The number of nitrogens with one attached hydrogen (secondary N) is 3. The van der Waals surface area contributed by atoms with E-state index in [9.17, 15) is 14.4 Å². The van der Waals surface area contributed by atoms with Crippen molar-refractivity contribution in [2.45, 2.75) is 31.8 Å². The number of rotatable bonds is 4. The fraction of sp³-hybridized carbons (Fsp3) is 0.500. The van der Waals surface area contributed by atoms with Crippen LogP contribution in [0.5, 0.6) is 0 Å². The number of amides is 4. The largest absolute Gasteiger partial charge is 0.336 e. The number of likely N-dealkylation sites (tertiary alicyclic amines) is 1. The van der Waals surface area contributed by atoms with Crippen LogP contribution in [0.15, 0.2) is 30.3 Å². The SMILES string of the molecule is O=C(NC(=O)C1CCNCC1)NC1CC(=O)N(Cc2ccccc2)C1. The van der Waals surface area contributed by atoms with Crippen LogP contribution in [0.4, 0.5) is 4.79 Å². The van der Waals surface area contributed by atoms with Crippen molar-refractivity contribution in [2.75, 3.05) is 19.6 Å². The molecule has 0 radical (unpaired) electrons. The van der Waals surface area contributed by atoms with Gasteiger partial charge in [-0.3, -0.25) is 14.9 Å². The Balaban J connectivity index is 1.46. The second kappa shape index (κ2) is 8.11. The van der Waals surface area contributed by atoms with E-state index in [0.29, 0.717) is 13.1 Å². The van der Waals surface area contributed by atoms with Gasteiger partial charge in [-0.15, -0.1) is 0 Å². The molecule has 4 amide bonds. The Morgan fingerprint density at radius 1 is 1.16 bits per heavy atom. The molecule has 1 aromatic carbocycles. The lowest BCUT2D eigenvalue weighted by Crippen LogP contribution is -2.48. The average Bonchev–Trinajstić information content (AvgIpc) is 2.95. The lowest BCUT2D eigenvalue weighted by molar-refractivity contribution is -0.128. The van der Waals surface area contributed by atoms with Gasteiger partial charge < -0.3 is 15.5 Å². The molecule has 0 aromatic heterocycles. The van der Waals surface area contributed by atoms with E-state index in [2.05, 4.69) is 16.0 Å². The Kier molecular flexibility index (Phi) is 5.65. The minimum Gasteiger partial charge on any atom is -0.336 e. The van der Waals surface area contributed by atoms with Crippen LogP contribution >= 0.6 is 0 Å². The van der Waals surface area contributed by atoms with E-state index in [0.717, 1.165) is 31.5 Å². The predicted molar refractivity (Wildman–Crippen MR) is 92.5 cm³/mol. The number of carbonyl (C=O) groups excluding carboxylic acids is 3. The average molecular weight is 344 g/mol. The maximum atomic E-state index is 12.1. The molecule has 7 heteroatoms. The van der Waals surface area contributed by atoms with Crippen LogP contribution in [-0.4, -0.2) is 48.4 Å². The third-order valence-corrected chi connectivity index (χ3v) is 4.71. The highest BCUT2D eigenvalue weighted by Gasteiger charge is 2.31. The molecule has 1 atom stereocenters. The van der Waals surface area contributed by atoms with E-state index in [1.165, 1.54) is 0 Å². The standard InChI is InChI=1S/C18H24N4O3/c23-16-10-15(12-22(16)11-13-4-2-1-3-5-13)20-18(25)21-17(24)14-6-8-19-9-7-14/h1-5,14-15,19H,6-12H2,(H2,20,21,24,25). The van der Waals surface area contributed by atoms with Gasteiger partial charge in [-0.25, -0.2) is 4.79 Å². The monoisotopic (exact) mass is 344 g/mol. The molecule has 0 spiro atoms. The van der Waals surface area contributed by atoms with E-state index in [1.807, 2.05) is 30.3 Å². The normalized spacial score (nSPS) is 21.2. The number of benzene rings is 1. The molecular weight excluding hydrogens is 320 g/mol. The number of carbonyl (C=O) groups is 3. The van der Waals surface area contributed by atoms with Crippen molar-refractivity contribution in [3.63, 3.8) is 0 Å². The van der Waals surface area contributed by atoms with Gasteiger partial charge in [-0.05, 0) is 31.5 Å². The lowest BCUT2D eigenvalue weighted by atomic mass is 9.97. The minimum absolute atomic E-state index is 0.0128.